The van der Waals surface area contributed by atoms with E-state index in [1.165, 1.54) is 21.4 Å². The number of hydrogen-bond acceptors (Lipinski definition) is 2. The highest BCUT2D eigenvalue weighted by Crippen LogP contribution is 1.82. The van der Waals surface area contributed by atoms with Gasteiger partial charge in [-0.1, -0.05) is 6.08 Å². The molecule has 0 saturated carbocycles. The monoisotopic (exact) mass is 180 g/mol. The van der Waals surface area contributed by atoms with Gasteiger partial charge in [-0.25, -0.2) is 4.79 Å². The molecule has 0 aliphatic rings. The van der Waals surface area contributed by atoms with E-state index in [-0.39, 0.29) is 11.2 Å². The first-order valence-electron chi connectivity index (χ1n) is 4.04. The minimum absolute atomic E-state index is 0.259. The molecule has 0 aliphatic heterocycles. The van der Waals surface area contributed by atoms with Gasteiger partial charge in [0.25, 0.3) is 5.56 Å². The fourth-order valence-corrected chi connectivity index (χ4v) is 1.04. The highest BCUT2D eigenvalue weighted by Gasteiger charge is 2.00. The summed E-state index contributed by atoms with van der Waals surface area (Å²) in [5, 5.41) is 0. The molecule has 0 fully saturated rings. The van der Waals surface area contributed by atoms with Crippen LogP contribution in [-0.2, 0) is 13.6 Å². The molecule has 4 nitrogen and oxygen atoms in total. The minimum Gasteiger partial charge on any atom is -0.303 e. The molecule has 1 heterocycles. The lowest BCUT2D eigenvalue weighted by atomic mass is 10.4. The molecule has 0 aliphatic carbocycles. The smallest absolute Gasteiger partial charge is 0.303 e. The van der Waals surface area contributed by atoms with Crippen molar-refractivity contribution in [1.82, 2.24) is 9.13 Å². The summed E-state index contributed by atoms with van der Waals surface area (Å²) < 4.78 is 2.58. The molecule has 0 N–H and O–H groups in total. The van der Waals surface area contributed by atoms with Gasteiger partial charge in [-0.3, -0.25) is 9.36 Å². The van der Waals surface area contributed by atoms with Gasteiger partial charge in [-0.2, -0.15) is 0 Å². The maximum Gasteiger partial charge on any atom is 0.330 e. The quantitative estimate of drug-likeness (QED) is 0.620. The van der Waals surface area contributed by atoms with Crippen LogP contribution in [0.2, 0.25) is 0 Å². The molecule has 0 spiro atoms. The molecule has 4 heteroatoms. The van der Waals surface area contributed by atoms with Gasteiger partial charge in [0.05, 0.1) is 0 Å². The van der Waals surface area contributed by atoms with Gasteiger partial charge < -0.3 is 4.57 Å². The van der Waals surface area contributed by atoms with Crippen LogP contribution < -0.4 is 11.2 Å². The Morgan fingerprint density at radius 1 is 1.54 bits per heavy atom. The van der Waals surface area contributed by atoms with E-state index < -0.39 is 0 Å². The van der Waals surface area contributed by atoms with Crippen molar-refractivity contribution in [2.75, 3.05) is 0 Å². The maximum atomic E-state index is 11.4. The Bertz CT molecular complexity index is 414. The van der Waals surface area contributed by atoms with Gasteiger partial charge >= 0.3 is 5.69 Å². The Morgan fingerprint density at radius 2 is 2.23 bits per heavy atom. The topological polar surface area (TPSA) is 44.0 Å². The second-order valence-electron chi connectivity index (χ2n) is 2.78. The van der Waals surface area contributed by atoms with Crippen LogP contribution >= 0.6 is 0 Å². The van der Waals surface area contributed by atoms with Crippen LogP contribution in [0, 0.1) is 0 Å². The Morgan fingerprint density at radius 3 is 2.85 bits per heavy atom. The number of rotatable bonds is 3. The fourth-order valence-electron chi connectivity index (χ4n) is 1.04. The minimum atomic E-state index is -0.283. The van der Waals surface area contributed by atoms with Gasteiger partial charge in [0.1, 0.15) is 0 Å². The highest BCUT2D eigenvalue weighted by molar-refractivity contribution is 4.85. The van der Waals surface area contributed by atoms with Crippen molar-refractivity contribution >= 4 is 0 Å². The lowest BCUT2D eigenvalue weighted by Crippen LogP contribution is -2.37. The molecule has 1 rings (SSSR count). The Hall–Kier alpha value is -1.58. The predicted molar refractivity (Wildman–Crippen MR) is 50.8 cm³/mol. The van der Waals surface area contributed by atoms with Gasteiger partial charge in [-0.05, 0) is 6.42 Å². The van der Waals surface area contributed by atoms with Crippen LogP contribution in [0.25, 0.3) is 0 Å². The Labute approximate surface area is 75.7 Å². The summed E-state index contributed by atoms with van der Waals surface area (Å²) in [6, 6.07) is 1.38. The van der Waals surface area contributed by atoms with Gasteiger partial charge in [-0.15, -0.1) is 6.58 Å². The van der Waals surface area contributed by atoms with Crippen molar-refractivity contribution in [3.8, 4) is 0 Å². The lowest BCUT2D eigenvalue weighted by Gasteiger charge is -2.03. The second-order valence-corrected chi connectivity index (χ2v) is 2.78. The first kappa shape index (κ1) is 9.51. The zero-order valence-corrected chi connectivity index (χ0v) is 7.56. The third-order valence-corrected chi connectivity index (χ3v) is 1.80. The molecule has 13 heavy (non-hydrogen) atoms. The van der Waals surface area contributed by atoms with E-state index in [0.717, 1.165) is 0 Å². The summed E-state index contributed by atoms with van der Waals surface area (Å²) in [5.41, 5.74) is -0.542. The summed E-state index contributed by atoms with van der Waals surface area (Å²) in [4.78, 5) is 22.6. The molecule has 0 unspecified atom stereocenters. The third-order valence-electron chi connectivity index (χ3n) is 1.80. The average molecular weight is 180 g/mol. The van der Waals surface area contributed by atoms with E-state index in [9.17, 15) is 9.59 Å². The van der Waals surface area contributed by atoms with Crippen molar-refractivity contribution in [1.29, 1.82) is 0 Å². The number of aryl methyl sites for hydroxylation is 1. The average Bonchev–Trinajstić information content (AvgIpc) is 2.12. The lowest BCUT2D eigenvalue weighted by molar-refractivity contribution is 0.597. The van der Waals surface area contributed by atoms with Crippen LogP contribution in [0.15, 0.2) is 34.5 Å². The van der Waals surface area contributed by atoms with Crippen LogP contribution in [0.3, 0.4) is 0 Å². The maximum absolute atomic E-state index is 11.4. The Kier molecular flexibility index (Phi) is 2.84. The van der Waals surface area contributed by atoms with E-state index in [1.807, 2.05) is 0 Å². The van der Waals surface area contributed by atoms with Crippen LogP contribution in [-0.4, -0.2) is 9.13 Å². The first-order valence-corrected chi connectivity index (χ1v) is 4.04. The highest BCUT2D eigenvalue weighted by atomic mass is 16.2. The normalized spacial score (nSPS) is 9.92. The summed E-state index contributed by atoms with van der Waals surface area (Å²) in [7, 11) is 1.62. The molecule has 70 valence electrons. The Balaban J connectivity index is 3.18. The molecular formula is C9H12N2O2. The number of nitrogens with zero attached hydrogens (tertiary/aromatic N) is 2. The van der Waals surface area contributed by atoms with E-state index in [4.69, 9.17) is 0 Å². The van der Waals surface area contributed by atoms with Crippen molar-refractivity contribution in [3.63, 3.8) is 0 Å². The van der Waals surface area contributed by atoms with Crippen molar-refractivity contribution in [2.45, 2.75) is 13.0 Å². The summed E-state index contributed by atoms with van der Waals surface area (Å²) >= 11 is 0. The number of aromatic nitrogens is 2. The number of allylic oxidation sites excluding steroid dienone is 1. The molecule has 0 aromatic carbocycles. The molecular weight excluding hydrogens is 168 g/mol. The molecule has 0 saturated heterocycles. The van der Waals surface area contributed by atoms with Crippen molar-refractivity contribution in [3.05, 3.63) is 45.8 Å². The predicted octanol–water partition coefficient (Wildman–Crippen LogP) is 0.123. The zero-order chi connectivity index (χ0) is 9.84. The van der Waals surface area contributed by atoms with Crippen LogP contribution in [0.5, 0.6) is 0 Å². The van der Waals surface area contributed by atoms with Crippen LogP contribution in [0.1, 0.15) is 6.42 Å². The summed E-state index contributed by atoms with van der Waals surface area (Å²) in [5.74, 6) is 0. The molecule has 1 aromatic heterocycles. The van der Waals surface area contributed by atoms with E-state index in [0.29, 0.717) is 13.0 Å². The fraction of sp³-hybridized carbons (Fsp3) is 0.333. The van der Waals surface area contributed by atoms with Gasteiger partial charge in [0.15, 0.2) is 0 Å². The molecule has 0 atom stereocenters. The largest absolute Gasteiger partial charge is 0.330 e. The second kappa shape index (κ2) is 3.89. The standard InChI is InChI=1S/C9H12N2O2/c1-3-4-6-11-8(12)5-7-10(2)9(11)13/h3,5,7H,1,4,6H2,2H3. The van der Waals surface area contributed by atoms with E-state index >= 15 is 0 Å². The summed E-state index contributed by atoms with van der Waals surface area (Å²) in [6.45, 7) is 3.93. The SMILES string of the molecule is C=CCCn1c(=O)ccn(C)c1=O. The summed E-state index contributed by atoms with van der Waals surface area (Å²) in [6.07, 6.45) is 3.77. The zero-order valence-electron chi connectivity index (χ0n) is 7.56. The van der Waals surface area contributed by atoms with Gasteiger partial charge in [0, 0.05) is 25.9 Å². The molecule has 0 radical (unpaired) electrons. The van der Waals surface area contributed by atoms with Crippen molar-refractivity contribution < 1.29 is 0 Å². The first-order chi connectivity index (χ1) is 6.16. The van der Waals surface area contributed by atoms with E-state index in [2.05, 4.69) is 6.58 Å². The molecule has 0 bridgehead atoms. The van der Waals surface area contributed by atoms with Gasteiger partial charge in [0.2, 0.25) is 0 Å². The molecule has 1 aromatic rings. The molecule has 0 amide bonds. The third kappa shape index (κ3) is 1.96. The number of hydrogen-bond donors (Lipinski definition) is 0. The van der Waals surface area contributed by atoms with Crippen LogP contribution in [0.4, 0.5) is 0 Å². The van der Waals surface area contributed by atoms with E-state index in [1.54, 1.807) is 13.1 Å². The van der Waals surface area contributed by atoms with Crippen molar-refractivity contribution in [2.24, 2.45) is 7.05 Å².